The van der Waals surface area contributed by atoms with Gasteiger partial charge in [0.2, 0.25) is 0 Å². The van der Waals surface area contributed by atoms with Crippen LogP contribution in [-0.2, 0) is 16.4 Å². The van der Waals surface area contributed by atoms with Crippen LogP contribution in [0.25, 0.3) is 0 Å². The van der Waals surface area contributed by atoms with Gasteiger partial charge in [0, 0.05) is 34.4 Å². The third kappa shape index (κ3) is 4.38. The van der Waals surface area contributed by atoms with Gasteiger partial charge in [0.1, 0.15) is 0 Å². The van der Waals surface area contributed by atoms with E-state index in [1.807, 2.05) is 38.0 Å². The number of sulfone groups is 1. The summed E-state index contributed by atoms with van der Waals surface area (Å²) in [7, 11) is 4.37. The molecule has 0 radical (unpaired) electrons. The number of nitrogens with zero attached hydrogens (tertiary/aromatic N) is 3. The Hall–Kier alpha value is -1.27. The zero-order valence-corrected chi connectivity index (χ0v) is 14.0. The van der Waals surface area contributed by atoms with Crippen LogP contribution >= 0.6 is 11.6 Å². The molecule has 0 fully saturated rings. The van der Waals surface area contributed by atoms with E-state index in [1.165, 1.54) is 6.07 Å². The monoisotopic (exact) mass is 317 g/mol. The minimum atomic E-state index is -3.29. The third-order valence-electron chi connectivity index (χ3n) is 2.60. The van der Waals surface area contributed by atoms with Crippen LogP contribution in [0, 0.1) is 0 Å². The van der Waals surface area contributed by atoms with Gasteiger partial charge in [0.25, 0.3) is 0 Å². The van der Waals surface area contributed by atoms with E-state index in [9.17, 15) is 8.42 Å². The molecule has 20 heavy (non-hydrogen) atoms. The smallest absolute Gasteiger partial charge is 0.195 e. The van der Waals surface area contributed by atoms with Crippen molar-refractivity contribution in [3.8, 4) is 0 Å². The normalized spacial score (nSPS) is 11.1. The fourth-order valence-corrected chi connectivity index (χ4v) is 3.14. The standard InChI is InChI=1S/C13H20ClN3O2S/c1-16(2)13(17(3)4)15-9-10-6-7-12(11(14)8-10)20(5,18)19/h6-8H,9H2,1-5H3. The van der Waals surface area contributed by atoms with Crippen molar-refractivity contribution < 1.29 is 8.42 Å². The molecule has 0 aliphatic rings. The highest BCUT2D eigenvalue weighted by Crippen LogP contribution is 2.22. The van der Waals surface area contributed by atoms with Crippen LogP contribution in [0.1, 0.15) is 5.56 Å². The number of rotatable bonds is 3. The van der Waals surface area contributed by atoms with Gasteiger partial charge in [-0.1, -0.05) is 17.7 Å². The lowest BCUT2D eigenvalue weighted by atomic mass is 10.2. The number of hydrogen-bond acceptors (Lipinski definition) is 3. The van der Waals surface area contributed by atoms with Crippen molar-refractivity contribution in [2.24, 2.45) is 4.99 Å². The highest BCUT2D eigenvalue weighted by molar-refractivity contribution is 7.90. The predicted molar refractivity (Wildman–Crippen MR) is 83.1 cm³/mol. The fourth-order valence-electron chi connectivity index (χ4n) is 1.79. The van der Waals surface area contributed by atoms with Gasteiger partial charge in [-0.3, -0.25) is 0 Å². The Morgan fingerprint density at radius 3 is 2.15 bits per heavy atom. The number of hydrogen-bond donors (Lipinski definition) is 0. The summed E-state index contributed by atoms with van der Waals surface area (Å²) in [6.45, 7) is 0.440. The molecule has 5 nitrogen and oxygen atoms in total. The lowest BCUT2D eigenvalue weighted by Gasteiger charge is -2.22. The average Bonchev–Trinajstić information content (AvgIpc) is 2.26. The van der Waals surface area contributed by atoms with Gasteiger partial charge in [-0.15, -0.1) is 0 Å². The maximum Gasteiger partial charge on any atom is 0.195 e. The SMILES string of the molecule is CN(C)C(=NCc1ccc(S(C)(=O)=O)c(Cl)c1)N(C)C. The molecule has 0 amide bonds. The quantitative estimate of drug-likeness (QED) is 0.629. The summed E-state index contributed by atoms with van der Waals surface area (Å²) in [5.41, 5.74) is 0.864. The van der Waals surface area contributed by atoms with Gasteiger partial charge in [0.05, 0.1) is 16.5 Å². The van der Waals surface area contributed by atoms with Gasteiger partial charge in [-0.25, -0.2) is 13.4 Å². The largest absolute Gasteiger partial charge is 0.349 e. The second-order valence-electron chi connectivity index (χ2n) is 4.94. The molecule has 1 aromatic rings. The zero-order valence-electron chi connectivity index (χ0n) is 12.4. The first kappa shape index (κ1) is 16.8. The van der Waals surface area contributed by atoms with E-state index < -0.39 is 9.84 Å². The highest BCUT2D eigenvalue weighted by atomic mass is 35.5. The first-order valence-electron chi connectivity index (χ1n) is 6.00. The fraction of sp³-hybridized carbons (Fsp3) is 0.462. The van der Waals surface area contributed by atoms with Crippen LogP contribution in [-0.4, -0.2) is 58.6 Å². The molecule has 0 N–H and O–H groups in total. The highest BCUT2D eigenvalue weighted by Gasteiger charge is 2.12. The molecule has 0 aromatic heterocycles. The molecule has 0 saturated heterocycles. The summed E-state index contributed by atoms with van der Waals surface area (Å²) in [5, 5.41) is 0.233. The van der Waals surface area contributed by atoms with Crippen LogP contribution in [0.3, 0.4) is 0 Å². The zero-order chi connectivity index (χ0) is 15.5. The van der Waals surface area contributed by atoms with Gasteiger partial charge in [-0.05, 0) is 17.7 Å². The minimum absolute atomic E-state index is 0.146. The van der Waals surface area contributed by atoms with Gasteiger partial charge >= 0.3 is 0 Å². The Morgan fingerprint density at radius 2 is 1.75 bits per heavy atom. The number of halogens is 1. The van der Waals surface area contributed by atoms with Gasteiger partial charge in [-0.2, -0.15) is 0 Å². The van der Waals surface area contributed by atoms with E-state index in [0.717, 1.165) is 17.8 Å². The first-order valence-corrected chi connectivity index (χ1v) is 8.27. The van der Waals surface area contributed by atoms with E-state index in [-0.39, 0.29) is 9.92 Å². The molecule has 0 aliphatic heterocycles. The van der Waals surface area contributed by atoms with E-state index >= 15 is 0 Å². The Kier molecular flexibility index (Phi) is 5.42. The Labute approximate surface area is 125 Å². The summed E-state index contributed by atoms with van der Waals surface area (Å²) < 4.78 is 23.0. The summed E-state index contributed by atoms with van der Waals surface area (Å²) >= 11 is 6.01. The molecule has 0 aliphatic carbocycles. The molecule has 0 heterocycles. The third-order valence-corrected chi connectivity index (χ3v) is 4.18. The molecule has 0 atom stereocenters. The Morgan fingerprint density at radius 1 is 1.20 bits per heavy atom. The Bertz CT molecular complexity index is 600. The van der Waals surface area contributed by atoms with Crippen molar-refractivity contribution in [3.63, 3.8) is 0 Å². The van der Waals surface area contributed by atoms with E-state index in [0.29, 0.717) is 6.54 Å². The lowest BCUT2D eigenvalue weighted by Crippen LogP contribution is -2.35. The lowest BCUT2D eigenvalue weighted by molar-refractivity contribution is 0.479. The molecule has 0 bridgehead atoms. The molecule has 0 unspecified atom stereocenters. The molecule has 7 heteroatoms. The minimum Gasteiger partial charge on any atom is -0.349 e. The molecule has 0 saturated carbocycles. The van der Waals surface area contributed by atoms with Crippen LogP contribution in [0.4, 0.5) is 0 Å². The summed E-state index contributed by atoms with van der Waals surface area (Å²) in [4.78, 5) is 8.45. The van der Waals surface area contributed by atoms with Crippen molar-refractivity contribution in [2.75, 3.05) is 34.4 Å². The summed E-state index contributed by atoms with van der Waals surface area (Å²) in [6.07, 6.45) is 1.14. The predicted octanol–water partition coefficient (Wildman–Crippen LogP) is 1.72. The van der Waals surface area contributed by atoms with E-state index in [1.54, 1.807) is 12.1 Å². The molecule has 112 valence electrons. The van der Waals surface area contributed by atoms with Crippen molar-refractivity contribution in [3.05, 3.63) is 28.8 Å². The second kappa shape index (κ2) is 6.45. The first-order chi connectivity index (χ1) is 9.12. The number of guanidine groups is 1. The maximum absolute atomic E-state index is 11.5. The summed E-state index contributed by atoms with van der Waals surface area (Å²) in [6, 6.07) is 4.90. The van der Waals surface area contributed by atoms with Crippen molar-refractivity contribution in [1.82, 2.24) is 9.80 Å². The van der Waals surface area contributed by atoms with Crippen molar-refractivity contribution >= 4 is 27.4 Å². The van der Waals surface area contributed by atoms with Gasteiger partial charge < -0.3 is 9.80 Å². The molecule has 1 aromatic carbocycles. The number of aliphatic imine (C=N–C) groups is 1. The Balaban J connectivity index is 3.01. The molecule has 1 rings (SSSR count). The van der Waals surface area contributed by atoms with Crippen LogP contribution in [0.5, 0.6) is 0 Å². The molecular formula is C13H20ClN3O2S. The summed E-state index contributed by atoms with van der Waals surface area (Å²) in [5.74, 6) is 0.827. The number of benzene rings is 1. The average molecular weight is 318 g/mol. The van der Waals surface area contributed by atoms with Crippen LogP contribution in [0.15, 0.2) is 28.1 Å². The van der Waals surface area contributed by atoms with Crippen LogP contribution < -0.4 is 0 Å². The second-order valence-corrected chi connectivity index (χ2v) is 7.33. The molecule has 0 spiro atoms. The van der Waals surface area contributed by atoms with Crippen LogP contribution in [0.2, 0.25) is 5.02 Å². The van der Waals surface area contributed by atoms with E-state index in [2.05, 4.69) is 4.99 Å². The van der Waals surface area contributed by atoms with E-state index in [4.69, 9.17) is 11.6 Å². The van der Waals surface area contributed by atoms with Gasteiger partial charge in [0.15, 0.2) is 15.8 Å². The molecular weight excluding hydrogens is 298 g/mol. The van der Waals surface area contributed by atoms with Crippen molar-refractivity contribution in [1.29, 1.82) is 0 Å². The van der Waals surface area contributed by atoms with Crippen molar-refractivity contribution in [2.45, 2.75) is 11.4 Å². The topological polar surface area (TPSA) is 53.0 Å². The maximum atomic E-state index is 11.5.